The third-order valence-electron chi connectivity index (χ3n) is 2.25. The maximum absolute atomic E-state index is 13.1. The van der Waals surface area contributed by atoms with Crippen molar-refractivity contribution in [3.63, 3.8) is 0 Å². The van der Waals surface area contributed by atoms with Gasteiger partial charge in [-0.05, 0) is 18.2 Å². The fourth-order valence-electron chi connectivity index (χ4n) is 1.41. The minimum Gasteiger partial charge on any atom is -0.351 e. The Bertz CT molecular complexity index is 460. The molecule has 0 fully saturated rings. The Hall–Kier alpha value is -2.17. The average Bonchev–Trinajstić information content (AvgIpc) is 2.33. The van der Waals surface area contributed by atoms with Crippen LogP contribution in [0.2, 0.25) is 0 Å². The van der Waals surface area contributed by atoms with Crippen LogP contribution in [0, 0.1) is 5.82 Å². The van der Waals surface area contributed by atoms with Gasteiger partial charge in [0.1, 0.15) is 12.4 Å². The maximum Gasteiger partial charge on any atom is 0.240 e. The van der Waals surface area contributed by atoms with E-state index in [9.17, 15) is 14.0 Å². The lowest BCUT2D eigenvalue weighted by molar-refractivity contribution is -0.122. The van der Waals surface area contributed by atoms with E-state index in [0.29, 0.717) is 12.2 Å². The summed E-state index contributed by atoms with van der Waals surface area (Å²) < 4.78 is 13.1. The third-order valence-corrected chi connectivity index (χ3v) is 2.25. The summed E-state index contributed by atoms with van der Waals surface area (Å²) in [4.78, 5) is 24.2. The Morgan fingerprint density at radius 1 is 1.50 bits per heavy atom. The second-order valence-electron chi connectivity index (χ2n) is 3.68. The molecular weight excluding hydrogens is 235 g/mol. The normalized spacial score (nSPS) is 9.67. The first-order valence-electron chi connectivity index (χ1n) is 5.46. The zero-order chi connectivity index (χ0) is 13.5. The van der Waals surface area contributed by atoms with Crippen molar-refractivity contribution in [2.45, 2.75) is 6.92 Å². The van der Waals surface area contributed by atoms with Gasteiger partial charge in [0.15, 0.2) is 0 Å². The highest BCUT2D eigenvalue weighted by Crippen LogP contribution is 2.15. The molecule has 1 rings (SSSR count). The molecule has 0 bridgehead atoms. The zero-order valence-corrected chi connectivity index (χ0v) is 10.1. The second kappa shape index (κ2) is 6.54. The SMILES string of the molecule is C=CCNC(=O)CN(C(C)=O)c1cccc(F)c1. The molecule has 0 atom stereocenters. The Kier molecular flexibility index (Phi) is 5.05. The summed E-state index contributed by atoms with van der Waals surface area (Å²) in [6.07, 6.45) is 1.54. The minimum absolute atomic E-state index is 0.146. The minimum atomic E-state index is -0.453. The summed E-state index contributed by atoms with van der Waals surface area (Å²) in [6, 6.07) is 5.55. The molecule has 0 aliphatic carbocycles. The van der Waals surface area contributed by atoms with Gasteiger partial charge >= 0.3 is 0 Å². The molecule has 0 aliphatic rings. The summed E-state index contributed by atoms with van der Waals surface area (Å²) >= 11 is 0. The number of hydrogen-bond donors (Lipinski definition) is 1. The van der Waals surface area contributed by atoms with Gasteiger partial charge in [0.2, 0.25) is 11.8 Å². The number of carbonyl (C=O) groups is 2. The van der Waals surface area contributed by atoms with Gasteiger partial charge in [-0.3, -0.25) is 9.59 Å². The van der Waals surface area contributed by atoms with E-state index in [0.717, 1.165) is 0 Å². The molecule has 0 radical (unpaired) electrons. The molecule has 1 aromatic rings. The molecule has 0 saturated heterocycles. The summed E-state index contributed by atoms with van der Waals surface area (Å²) in [5, 5.41) is 2.56. The topological polar surface area (TPSA) is 49.4 Å². The molecule has 96 valence electrons. The number of anilines is 1. The molecule has 0 aromatic heterocycles. The quantitative estimate of drug-likeness (QED) is 0.805. The van der Waals surface area contributed by atoms with Crippen LogP contribution in [-0.4, -0.2) is 24.9 Å². The Labute approximate surface area is 105 Å². The molecule has 0 unspecified atom stereocenters. The van der Waals surface area contributed by atoms with Crippen molar-refractivity contribution in [1.29, 1.82) is 0 Å². The monoisotopic (exact) mass is 250 g/mol. The number of hydrogen-bond acceptors (Lipinski definition) is 2. The molecule has 1 N–H and O–H groups in total. The second-order valence-corrected chi connectivity index (χ2v) is 3.68. The molecule has 0 aliphatic heterocycles. The largest absolute Gasteiger partial charge is 0.351 e. The van der Waals surface area contributed by atoms with E-state index in [1.54, 1.807) is 6.07 Å². The first-order valence-corrected chi connectivity index (χ1v) is 5.46. The van der Waals surface area contributed by atoms with Crippen LogP contribution < -0.4 is 10.2 Å². The van der Waals surface area contributed by atoms with Gasteiger partial charge in [0, 0.05) is 19.2 Å². The number of nitrogens with one attached hydrogen (secondary N) is 1. The van der Waals surface area contributed by atoms with Crippen molar-refractivity contribution in [2.75, 3.05) is 18.0 Å². The van der Waals surface area contributed by atoms with E-state index in [4.69, 9.17) is 0 Å². The highest BCUT2D eigenvalue weighted by Gasteiger charge is 2.15. The summed E-state index contributed by atoms with van der Waals surface area (Å²) in [5.74, 6) is -1.10. The van der Waals surface area contributed by atoms with Gasteiger partial charge in [-0.15, -0.1) is 6.58 Å². The van der Waals surface area contributed by atoms with Crippen molar-refractivity contribution < 1.29 is 14.0 Å². The molecule has 0 spiro atoms. The van der Waals surface area contributed by atoms with E-state index in [1.807, 2.05) is 0 Å². The lowest BCUT2D eigenvalue weighted by Crippen LogP contribution is -2.39. The van der Waals surface area contributed by atoms with E-state index in [1.165, 1.54) is 36.1 Å². The summed E-state index contributed by atoms with van der Waals surface area (Å²) in [7, 11) is 0. The van der Waals surface area contributed by atoms with Crippen LogP contribution in [0.15, 0.2) is 36.9 Å². The average molecular weight is 250 g/mol. The van der Waals surface area contributed by atoms with Gasteiger partial charge in [-0.2, -0.15) is 0 Å². The fourth-order valence-corrected chi connectivity index (χ4v) is 1.41. The maximum atomic E-state index is 13.1. The van der Waals surface area contributed by atoms with Crippen molar-refractivity contribution >= 4 is 17.5 Å². The summed E-state index contributed by atoms with van der Waals surface area (Å²) in [6.45, 7) is 4.98. The molecule has 0 heterocycles. The van der Waals surface area contributed by atoms with Crippen LogP contribution in [-0.2, 0) is 9.59 Å². The van der Waals surface area contributed by atoms with E-state index in [-0.39, 0.29) is 18.4 Å². The number of carbonyl (C=O) groups excluding carboxylic acids is 2. The molecule has 2 amide bonds. The van der Waals surface area contributed by atoms with Gasteiger partial charge in [-0.1, -0.05) is 12.1 Å². The molecule has 4 nitrogen and oxygen atoms in total. The first kappa shape index (κ1) is 13.9. The van der Waals surface area contributed by atoms with E-state index in [2.05, 4.69) is 11.9 Å². The number of amides is 2. The zero-order valence-electron chi connectivity index (χ0n) is 10.1. The smallest absolute Gasteiger partial charge is 0.240 e. The van der Waals surface area contributed by atoms with Crippen LogP contribution in [0.5, 0.6) is 0 Å². The predicted molar refractivity (Wildman–Crippen MR) is 67.6 cm³/mol. The molecular formula is C13H15FN2O2. The van der Waals surface area contributed by atoms with E-state index >= 15 is 0 Å². The standard InChI is InChI=1S/C13H15FN2O2/c1-3-7-15-13(18)9-16(10(2)17)12-6-4-5-11(14)8-12/h3-6,8H,1,7,9H2,2H3,(H,15,18). The molecule has 0 saturated carbocycles. The van der Waals surface area contributed by atoms with Crippen molar-refractivity contribution in [2.24, 2.45) is 0 Å². The van der Waals surface area contributed by atoms with E-state index < -0.39 is 5.82 Å². The van der Waals surface area contributed by atoms with Crippen molar-refractivity contribution in [3.8, 4) is 0 Å². The predicted octanol–water partition coefficient (Wildman–Crippen LogP) is 1.48. The highest BCUT2D eigenvalue weighted by molar-refractivity contribution is 5.97. The summed E-state index contributed by atoms with van der Waals surface area (Å²) in [5.41, 5.74) is 0.358. The van der Waals surface area contributed by atoms with Gasteiger partial charge < -0.3 is 10.2 Å². The molecule has 18 heavy (non-hydrogen) atoms. The number of benzene rings is 1. The highest BCUT2D eigenvalue weighted by atomic mass is 19.1. The van der Waals surface area contributed by atoms with Crippen LogP contribution in [0.4, 0.5) is 10.1 Å². The third kappa shape index (κ3) is 4.01. The van der Waals surface area contributed by atoms with Crippen LogP contribution in [0.1, 0.15) is 6.92 Å². The Morgan fingerprint density at radius 3 is 2.78 bits per heavy atom. The Balaban J connectivity index is 2.80. The van der Waals surface area contributed by atoms with Crippen molar-refractivity contribution in [3.05, 3.63) is 42.7 Å². The number of rotatable bonds is 5. The van der Waals surface area contributed by atoms with Crippen LogP contribution >= 0.6 is 0 Å². The Morgan fingerprint density at radius 2 is 2.22 bits per heavy atom. The van der Waals surface area contributed by atoms with Crippen LogP contribution in [0.25, 0.3) is 0 Å². The number of nitrogens with zero attached hydrogens (tertiary/aromatic N) is 1. The van der Waals surface area contributed by atoms with Gasteiger partial charge in [-0.25, -0.2) is 4.39 Å². The lowest BCUT2D eigenvalue weighted by Gasteiger charge is -2.20. The van der Waals surface area contributed by atoms with Crippen LogP contribution in [0.3, 0.4) is 0 Å². The lowest BCUT2D eigenvalue weighted by atomic mass is 10.2. The first-order chi connectivity index (χ1) is 8.54. The molecule has 5 heteroatoms. The fraction of sp³-hybridized carbons (Fsp3) is 0.231. The van der Waals surface area contributed by atoms with Gasteiger partial charge in [0.25, 0.3) is 0 Å². The number of halogens is 1. The van der Waals surface area contributed by atoms with Gasteiger partial charge in [0.05, 0.1) is 0 Å². The molecule has 1 aromatic carbocycles. The van der Waals surface area contributed by atoms with Crippen molar-refractivity contribution in [1.82, 2.24) is 5.32 Å².